The largest absolute Gasteiger partial charge is 0.379 e. The molecule has 1 saturated heterocycles. The second kappa shape index (κ2) is 7.02. The van der Waals surface area contributed by atoms with Crippen molar-refractivity contribution in [3.63, 3.8) is 0 Å². The minimum absolute atomic E-state index is 0.0943. The highest BCUT2D eigenvalue weighted by Crippen LogP contribution is 2.20. The van der Waals surface area contributed by atoms with Crippen LogP contribution in [0.3, 0.4) is 0 Å². The van der Waals surface area contributed by atoms with Gasteiger partial charge < -0.3 is 15.4 Å². The minimum atomic E-state index is -0.0943. The Hall–Kier alpha value is -1.73. The summed E-state index contributed by atoms with van der Waals surface area (Å²) in [7, 11) is 0. The lowest BCUT2D eigenvalue weighted by atomic mass is 10.1. The molecule has 3 rings (SSSR count). The molecule has 1 fully saturated rings. The Morgan fingerprint density at radius 3 is 2.95 bits per heavy atom. The topological polar surface area (TPSA) is 79.4 Å². The van der Waals surface area contributed by atoms with Gasteiger partial charge >= 0.3 is 0 Å². The van der Waals surface area contributed by atoms with E-state index in [2.05, 4.69) is 25.5 Å². The Bertz CT molecular complexity index is 543. The van der Waals surface area contributed by atoms with Gasteiger partial charge in [-0.3, -0.25) is 9.69 Å². The number of aromatic nitrogens is 2. The van der Waals surface area contributed by atoms with Crippen molar-refractivity contribution in [3.05, 3.63) is 17.1 Å². The van der Waals surface area contributed by atoms with Crippen LogP contribution in [-0.2, 0) is 11.2 Å². The summed E-state index contributed by atoms with van der Waals surface area (Å²) in [4.78, 5) is 23.0. The van der Waals surface area contributed by atoms with Crippen LogP contribution < -0.4 is 10.6 Å². The smallest absolute Gasteiger partial charge is 0.270 e. The predicted molar refractivity (Wildman–Crippen MR) is 83.2 cm³/mol. The summed E-state index contributed by atoms with van der Waals surface area (Å²) < 4.78 is 5.35. The highest BCUT2D eigenvalue weighted by molar-refractivity contribution is 5.95. The Balaban J connectivity index is 1.57. The van der Waals surface area contributed by atoms with Crippen molar-refractivity contribution in [2.75, 3.05) is 51.3 Å². The van der Waals surface area contributed by atoms with Crippen molar-refractivity contribution in [1.82, 2.24) is 20.2 Å². The molecular formula is C15H23N5O2. The Morgan fingerprint density at radius 1 is 1.32 bits per heavy atom. The lowest BCUT2D eigenvalue weighted by Crippen LogP contribution is -2.37. The maximum atomic E-state index is 11.9. The molecule has 0 unspecified atom stereocenters. The maximum absolute atomic E-state index is 11.9. The van der Waals surface area contributed by atoms with Crippen molar-refractivity contribution in [2.45, 2.75) is 19.8 Å². The molecular weight excluding hydrogens is 282 g/mol. The van der Waals surface area contributed by atoms with E-state index < -0.39 is 0 Å². The Morgan fingerprint density at radius 2 is 2.14 bits per heavy atom. The molecule has 1 aromatic rings. The molecule has 2 aliphatic rings. The highest BCUT2D eigenvalue weighted by atomic mass is 16.5. The number of ether oxygens (including phenoxy) is 1. The quantitative estimate of drug-likeness (QED) is 0.757. The molecule has 0 saturated carbocycles. The molecule has 22 heavy (non-hydrogen) atoms. The maximum Gasteiger partial charge on any atom is 0.270 e. The molecule has 0 aliphatic carbocycles. The predicted octanol–water partition coefficient (Wildman–Crippen LogP) is 0.205. The van der Waals surface area contributed by atoms with Gasteiger partial charge in [0.15, 0.2) is 0 Å². The van der Waals surface area contributed by atoms with Crippen LogP contribution in [-0.4, -0.2) is 66.7 Å². The molecule has 7 nitrogen and oxygen atoms in total. The average Bonchev–Trinajstić information content (AvgIpc) is 2.53. The zero-order chi connectivity index (χ0) is 15.4. The lowest BCUT2D eigenvalue weighted by molar-refractivity contribution is 0.0378. The van der Waals surface area contributed by atoms with Crippen LogP contribution in [0, 0.1) is 6.92 Å². The third kappa shape index (κ3) is 3.53. The van der Waals surface area contributed by atoms with Crippen LogP contribution >= 0.6 is 0 Å². The number of aryl methyl sites for hydroxylation is 1. The van der Waals surface area contributed by atoms with E-state index in [0.29, 0.717) is 18.1 Å². The van der Waals surface area contributed by atoms with Gasteiger partial charge in [0.25, 0.3) is 5.91 Å². The van der Waals surface area contributed by atoms with Gasteiger partial charge in [0, 0.05) is 31.7 Å². The average molecular weight is 305 g/mol. The van der Waals surface area contributed by atoms with Crippen molar-refractivity contribution < 1.29 is 9.53 Å². The van der Waals surface area contributed by atoms with E-state index in [-0.39, 0.29) is 5.91 Å². The van der Waals surface area contributed by atoms with E-state index in [4.69, 9.17) is 4.74 Å². The SMILES string of the molecule is Cc1nc(NCCCN2CCOCC2)c2c(n1)C(=O)NCC2. The van der Waals surface area contributed by atoms with Gasteiger partial charge in [-0.25, -0.2) is 9.97 Å². The first-order chi connectivity index (χ1) is 10.7. The van der Waals surface area contributed by atoms with E-state index in [1.54, 1.807) is 0 Å². The number of anilines is 1. The fourth-order valence-electron chi connectivity index (χ4n) is 2.89. The number of carbonyl (C=O) groups excluding carboxylic acids is 1. The zero-order valence-corrected chi connectivity index (χ0v) is 13.0. The first-order valence-electron chi connectivity index (χ1n) is 7.94. The summed E-state index contributed by atoms with van der Waals surface area (Å²) in [5, 5.41) is 6.21. The molecule has 120 valence electrons. The highest BCUT2D eigenvalue weighted by Gasteiger charge is 2.22. The van der Waals surface area contributed by atoms with Gasteiger partial charge in [0.2, 0.25) is 0 Å². The number of amides is 1. The van der Waals surface area contributed by atoms with Crippen molar-refractivity contribution in [3.8, 4) is 0 Å². The monoisotopic (exact) mass is 305 g/mol. The van der Waals surface area contributed by atoms with Crippen molar-refractivity contribution >= 4 is 11.7 Å². The van der Waals surface area contributed by atoms with Crippen LogP contribution in [0.15, 0.2) is 0 Å². The van der Waals surface area contributed by atoms with E-state index in [1.807, 2.05) is 6.92 Å². The molecule has 7 heteroatoms. The molecule has 0 atom stereocenters. The number of nitrogens with one attached hydrogen (secondary N) is 2. The standard InChI is InChI=1S/C15H23N5O2/c1-11-18-13-12(3-5-17-15(13)21)14(19-11)16-4-2-6-20-7-9-22-10-8-20/h2-10H2,1H3,(H,17,21)(H,16,18,19). The van der Waals surface area contributed by atoms with Crippen LogP contribution in [0.2, 0.25) is 0 Å². The van der Waals surface area contributed by atoms with E-state index >= 15 is 0 Å². The third-order valence-corrected chi connectivity index (χ3v) is 4.04. The van der Waals surface area contributed by atoms with E-state index in [0.717, 1.165) is 63.6 Å². The normalized spacial score (nSPS) is 18.7. The Labute approximate surface area is 130 Å². The summed E-state index contributed by atoms with van der Waals surface area (Å²) in [6.45, 7) is 8.08. The van der Waals surface area contributed by atoms with Gasteiger partial charge in [0.05, 0.1) is 13.2 Å². The van der Waals surface area contributed by atoms with Crippen LogP contribution in [0.5, 0.6) is 0 Å². The summed E-state index contributed by atoms with van der Waals surface area (Å²) in [6, 6.07) is 0. The fourth-order valence-corrected chi connectivity index (χ4v) is 2.89. The fraction of sp³-hybridized carbons (Fsp3) is 0.667. The minimum Gasteiger partial charge on any atom is -0.379 e. The van der Waals surface area contributed by atoms with Gasteiger partial charge in [-0.1, -0.05) is 0 Å². The number of hydrogen-bond donors (Lipinski definition) is 2. The molecule has 0 bridgehead atoms. The number of hydrogen-bond acceptors (Lipinski definition) is 6. The van der Waals surface area contributed by atoms with Crippen LogP contribution in [0.4, 0.5) is 5.82 Å². The summed E-state index contributed by atoms with van der Waals surface area (Å²) in [5.74, 6) is 1.36. The van der Waals surface area contributed by atoms with Crippen molar-refractivity contribution in [2.24, 2.45) is 0 Å². The number of nitrogens with zero attached hydrogens (tertiary/aromatic N) is 3. The van der Waals surface area contributed by atoms with Gasteiger partial charge in [-0.05, 0) is 26.3 Å². The number of morpholine rings is 1. The van der Waals surface area contributed by atoms with Crippen LogP contribution in [0.1, 0.15) is 28.3 Å². The van der Waals surface area contributed by atoms with Crippen molar-refractivity contribution in [1.29, 1.82) is 0 Å². The third-order valence-electron chi connectivity index (χ3n) is 4.04. The van der Waals surface area contributed by atoms with Gasteiger partial charge in [-0.2, -0.15) is 0 Å². The lowest BCUT2D eigenvalue weighted by Gasteiger charge is -2.26. The first kappa shape index (κ1) is 15.2. The number of fused-ring (bicyclic) bond motifs is 1. The molecule has 1 aromatic heterocycles. The van der Waals surface area contributed by atoms with Gasteiger partial charge in [0.1, 0.15) is 17.3 Å². The van der Waals surface area contributed by atoms with E-state index in [9.17, 15) is 4.79 Å². The summed E-state index contributed by atoms with van der Waals surface area (Å²) in [5.41, 5.74) is 1.47. The summed E-state index contributed by atoms with van der Waals surface area (Å²) >= 11 is 0. The van der Waals surface area contributed by atoms with E-state index in [1.165, 1.54) is 0 Å². The van der Waals surface area contributed by atoms with Gasteiger partial charge in [-0.15, -0.1) is 0 Å². The second-order valence-electron chi connectivity index (χ2n) is 5.69. The molecule has 2 aliphatic heterocycles. The molecule has 0 spiro atoms. The van der Waals surface area contributed by atoms with Crippen LogP contribution in [0.25, 0.3) is 0 Å². The molecule has 0 aromatic carbocycles. The number of rotatable bonds is 5. The zero-order valence-electron chi connectivity index (χ0n) is 13.0. The second-order valence-corrected chi connectivity index (χ2v) is 5.69. The number of carbonyl (C=O) groups is 1. The molecule has 3 heterocycles. The molecule has 2 N–H and O–H groups in total. The Kier molecular flexibility index (Phi) is 4.84. The molecule has 0 radical (unpaired) electrons. The first-order valence-corrected chi connectivity index (χ1v) is 7.94. The summed E-state index contributed by atoms with van der Waals surface area (Å²) in [6.07, 6.45) is 1.83. The molecule has 1 amide bonds.